The summed E-state index contributed by atoms with van der Waals surface area (Å²) >= 11 is 0. The van der Waals surface area contributed by atoms with E-state index in [9.17, 15) is 9.90 Å². The minimum atomic E-state index is -0.223. The molecule has 0 saturated carbocycles. The first-order chi connectivity index (χ1) is 8.40. The van der Waals surface area contributed by atoms with E-state index in [1.165, 1.54) is 0 Å². The SMILES string of the molecule is Cc1ccc(C(=O)NC(C)CCN(C)C)c(O)c1. The van der Waals surface area contributed by atoms with Gasteiger partial charge in [0.1, 0.15) is 5.75 Å². The van der Waals surface area contributed by atoms with Gasteiger partial charge in [0, 0.05) is 6.04 Å². The molecule has 0 aliphatic carbocycles. The highest BCUT2D eigenvalue weighted by molar-refractivity contribution is 5.97. The molecule has 1 unspecified atom stereocenters. The zero-order chi connectivity index (χ0) is 13.7. The molecule has 0 saturated heterocycles. The number of phenols is 1. The molecule has 1 aromatic rings. The molecule has 2 N–H and O–H groups in total. The molecule has 0 fully saturated rings. The van der Waals surface area contributed by atoms with Crippen LogP contribution >= 0.6 is 0 Å². The maximum absolute atomic E-state index is 11.9. The van der Waals surface area contributed by atoms with Crippen LogP contribution in [0.5, 0.6) is 5.75 Å². The molecular weight excluding hydrogens is 228 g/mol. The maximum Gasteiger partial charge on any atom is 0.255 e. The van der Waals surface area contributed by atoms with Gasteiger partial charge < -0.3 is 15.3 Å². The lowest BCUT2D eigenvalue weighted by Crippen LogP contribution is -2.34. The molecule has 1 rings (SSSR count). The number of carbonyl (C=O) groups excluding carboxylic acids is 1. The number of carbonyl (C=O) groups is 1. The third-order valence-electron chi connectivity index (χ3n) is 2.78. The maximum atomic E-state index is 11.9. The van der Waals surface area contributed by atoms with E-state index in [1.807, 2.05) is 34.0 Å². The summed E-state index contributed by atoms with van der Waals surface area (Å²) in [5.74, 6) is -0.189. The summed E-state index contributed by atoms with van der Waals surface area (Å²) < 4.78 is 0. The first kappa shape index (κ1) is 14.5. The predicted octanol–water partition coefficient (Wildman–Crippen LogP) is 1.77. The summed E-state index contributed by atoms with van der Waals surface area (Å²) in [5, 5.41) is 12.6. The molecule has 4 heteroatoms. The second kappa shape index (κ2) is 6.40. The Labute approximate surface area is 109 Å². The Bertz CT molecular complexity index is 416. The van der Waals surface area contributed by atoms with Crippen LogP contribution in [-0.2, 0) is 0 Å². The summed E-state index contributed by atoms with van der Waals surface area (Å²) in [6.07, 6.45) is 0.880. The number of nitrogens with zero attached hydrogens (tertiary/aromatic N) is 1. The number of amides is 1. The van der Waals surface area contributed by atoms with Crippen molar-refractivity contribution in [2.45, 2.75) is 26.3 Å². The van der Waals surface area contributed by atoms with E-state index < -0.39 is 0 Å². The van der Waals surface area contributed by atoms with Gasteiger partial charge in [-0.3, -0.25) is 4.79 Å². The van der Waals surface area contributed by atoms with E-state index in [2.05, 4.69) is 10.2 Å². The van der Waals surface area contributed by atoms with Crippen molar-refractivity contribution in [3.63, 3.8) is 0 Å². The molecule has 0 aromatic heterocycles. The van der Waals surface area contributed by atoms with Gasteiger partial charge in [0.05, 0.1) is 5.56 Å². The molecule has 0 spiro atoms. The van der Waals surface area contributed by atoms with Crippen LogP contribution in [0.25, 0.3) is 0 Å². The fourth-order valence-corrected chi connectivity index (χ4v) is 1.66. The molecule has 0 aliphatic rings. The molecule has 4 nitrogen and oxygen atoms in total. The molecule has 100 valence electrons. The fraction of sp³-hybridized carbons (Fsp3) is 0.500. The van der Waals surface area contributed by atoms with Crippen molar-refractivity contribution in [2.75, 3.05) is 20.6 Å². The second-order valence-corrected chi connectivity index (χ2v) is 4.99. The lowest BCUT2D eigenvalue weighted by Gasteiger charge is -2.17. The zero-order valence-electron chi connectivity index (χ0n) is 11.5. The summed E-state index contributed by atoms with van der Waals surface area (Å²) in [5.41, 5.74) is 1.27. The van der Waals surface area contributed by atoms with Gasteiger partial charge >= 0.3 is 0 Å². The minimum Gasteiger partial charge on any atom is -0.507 e. The van der Waals surface area contributed by atoms with Crippen LogP contribution in [0.1, 0.15) is 29.3 Å². The Balaban J connectivity index is 2.59. The van der Waals surface area contributed by atoms with Crippen LogP contribution in [0.3, 0.4) is 0 Å². The summed E-state index contributed by atoms with van der Waals surface area (Å²) in [4.78, 5) is 14.0. The number of aryl methyl sites for hydroxylation is 1. The van der Waals surface area contributed by atoms with E-state index >= 15 is 0 Å². The van der Waals surface area contributed by atoms with Crippen molar-refractivity contribution in [2.24, 2.45) is 0 Å². The van der Waals surface area contributed by atoms with Gasteiger partial charge in [0.15, 0.2) is 0 Å². The van der Waals surface area contributed by atoms with Crippen molar-refractivity contribution in [1.82, 2.24) is 10.2 Å². The number of benzene rings is 1. The van der Waals surface area contributed by atoms with Gasteiger partial charge in [0.25, 0.3) is 5.91 Å². The van der Waals surface area contributed by atoms with Gasteiger partial charge in [-0.15, -0.1) is 0 Å². The first-order valence-electron chi connectivity index (χ1n) is 6.15. The van der Waals surface area contributed by atoms with E-state index in [1.54, 1.807) is 12.1 Å². The van der Waals surface area contributed by atoms with E-state index in [0.29, 0.717) is 5.56 Å². The van der Waals surface area contributed by atoms with Crippen LogP contribution in [-0.4, -0.2) is 42.6 Å². The minimum absolute atomic E-state index is 0.0345. The number of hydrogen-bond donors (Lipinski definition) is 2. The standard InChI is InChI=1S/C14H22N2O2/c1-10-5-6-12(13(17)9-10)14(18)15-11(2)7-8-16(3)4/h5-6,9,11,17H,7-8H2,1-4H3,(H,15,18). The quantitative estimate of drug-likeness (QED) is 0.837. The third kappa shape index (κ3) is 4.37. The number of phenolic OH excluding ortho intramolecular Hbond substituents is 1. The Morgan fingerprint density at radius 2 is 2.11 bits per heavy atom. The fourth-order valence-electron chi connectivity index (χ4n) is 1.66. The van der Waals surface area contributed by atoms with Crippen molar-refractivity contribution in [3.05, 3.63) is 29.3 Å². The average molecular weight is 250 g/mol. The molecule has 0 bridgehead atoms. The highest BCUT2D eigenvalue weighted by Crippen LogP contribution is 2.18. The molecule has 0 radical (unpaired) electrons. The number of nitrogens with one attached hydrogen (secondary N) is 1. The summed E-state index contributed by atoms with van der Waals surface area (Å²) in [6.45, 7) is 4.76. The Morgan fingerprint density at radius 1 is 1.44 bits per heavy atom. The van der Waals surface area contributed by atoms with Gasteiger partial charge in [-0.05, 0) is 58.6 Å². The zero-order valence-corrected chi connectivity index (χ0v) is 11.5. The van der Waals surface area contributed by atoms with Gasteiger partial charge in [0.2, 0.25) is 0 Å². The van der Waals surface area contributed by atoms with Crippen LogP contribution in [0, 0.1) is 6.92 Å². The van der Waals surface area contributed by atoms with Crippen LogP contribution in [0.15, 0.2) is 18.2 Å². The average Bonchev–Trinajstić information content (AvgIpc) is 2.26. The predicted molar refractivity (Wildman–Crippen MR) is 72.9 cm³/mol. The van der Waals surface area contributed by atoms with Crippen molar-refractivity contribution < 1.29 is 9.90 Å². The summed E-state index contributed by atoms with van der Waals surface area (Å²) in [6, 6.07) is 5.15. The van der Waals surface area contributed by atoms with Crippen molar-refractivity contribution in [3.8, 4) is 5.75 Å². The highest BCUT2D eigenvalue weighted by Gasteiger charge is 2.13. The number of rotatable bonds is 5. The highest BCUT2D eigenvalue weighted by atomic mass is 16.3. The molecule has 0 heterocycles. The molecule has 1 atom stereocenters. The van der Waals surface area contributed by atoms with Crippen molar-refractivity contribution in [1.29, 1.82) is 0 Å². The van der Waals surface area contributed by atoms with E-state index in [4.69, 9.17) is 0 Å². The van der Waals surface area contributed by atoms with Gasteiger partial charge in [-0.1, -0.05) is 6.07 Å². The molecule has 1 aromatic carbocycles. The van der Waals surface area contributed by atoms with E-state index in [0.717, 1.165) is 18.5 Å². The molecule has 0 aliphatic heterocycles. The van der Waals surface area contributed by atoms with Crippen LogP contribution in [0.4, 0.5) is 0 Å². The van der Waals surface area contributed by atoms with Crippen LogP contribution in [0.2, 0.25) is 0 Å². The third-order valence-corrected chi connectivity index (χ3v) is 2.78. The van der Waals surface area contributed by atoms with Gasteiger partial charge in [-0.25, -0.2) is 0 Å². The van der Waals surface area contributed by atoms with E-state index in [-0.39, 0.29) is 17.7 Å². The molecule has 18 heavy (non-hydrogen) atoms. The topological polar surface area (TPSA) is 52.6 Å². The largest absolute Gasteiger partial charge is 0.507 e. The monoisotopic (exact) mass is 250 g/mol. The Hall–Kier alpha value is -1.55. The Morgan fingerprint density at radius 3 is 2.67 bits per heavy atom. The van der Waals surface area contributed by atoms with Gasteiger partial charge in [-0.2, -0.15) is 0 Å². The number of aromatic hydroxyl groups is 1. The summed E-state index contributed by atoms with van der Waals surface area (Å²) in [7, 11) is 4.00. The van der Waals surface area contributed by atoms with Crippen molar-refractivity contribution >= 4 is 5.91 Å². The number of hydrogen-bond acceptors (Lipinski definition) is 3. The molecular formula is C14H22N2O2. The smallest absolute Gasteiger partial charge is 0.255 e. The molecule has 1 amide bonds. The normalized spacial score (nSPS) is 12.5. The van der Waals surface area contributed by atoms with Crippen LogP contribution < -0.4 is 5.32 Å². The Kier molecular flexibility index (Phi) is 5.16. The lowest BCUT2D eigenvalue weighted by atomic mass is 10.1. The first-order valence-corrected chi connectivity index (χ1v) is 6.15. The lowest BCUT2D eigenvalue weighted by molar-refractivity contribution is 0.0934. The second-order valence-electron chi connectivity index (χ2n) is 4.99.